The summed E-state index contributed by atoms with van der Waals surface area (Å²) in [5.41, 5.74) is 7.06. The lowest BCUT2D eigenvalue weighted by Crippen LogP contribution is -2.33. The number of nitrogens with zero attached hydrogens (tertiary/aromatic N) is 4. The highest BCUT2D eigenvalue weighted by atomic mass is 16.5. The van der Waals surface area contributed by atoms with Gasteiger partial charge in [-0.1, -0.05) is 6.07 Å². The first-order valence-electron chi connectivity index (χ1n) is 5.40. The highest BCUT2D eigenvalue weighted by Crippen LogP contribution is 2.38. The van der Waals surface area contributed by atoms with E-state index in [1.165, 1.54) is 0 Å². The molecule has 0 atom stereocenters. The molecule has 0 aliphatic carbocycles. The molecule has 3 rings (SSSR count). The van der Waals surface area contributed by atoms with Crippen molar-refractivity contribution < 1.29 is 4.74 Å². The molecule has 0 saturated carbocycles. The number of ether oxygens (including phenoxy) is 1. The van der Waals surface area contributed by atoms with Crippen molar-refractivity contribution in [3.8, 4) is 17.1 Å². The van der Waals surface area contributed by atoms with E-state index in [4.69, 9.17) is 10.5 Å². The number of anilines is 1. The summed E-state index contributed by atoms with van der Waals surface area (Å²) in [6, 6.07) is 5.59. The van der Waals surface area contributed by atoms with Crippen LogP contribution in [-0.2, 0) is 5.54 Å². The van der Waals surface area contributed by atoms with Crippen LogP contribution in [0.3, 0.4) is 0 Å². The Kier molecular flexibility index (Phi) is 1.89. The molecular formula is C11H13N5O. The largest absolute Gasteiger partial charge is 0.488 e. The Balaban J connectivity index is 2.31. The number of fused-ring (bicyclic) bond motifs is 3. The molecule has 1 aromatic carbocycles. The van der Waals surface area contributed by atoms with Crippen LogP contribution in [-0.4, -0.2) is 26.8 Å². The van der Waals surface area contributed by atoms with Gasteiger partial charge in [0.2, 0.25) is 0 Å². The molecule has 2 aromatic rings. The Hall–Kier alpha value is -2.11. The topological polar surface area (TPSA) is 78.8 Å². The molecule has 0 radical (unpaired) electrons. The zero-order valence-electron chi connectivity index (χ0n) is 9.71. The fraction of sp³-hybridized carbons (Fsp3) is 0.364. The summed E-state index contributed by atoms with van der Waals surface area (Å²) in [5.74, 6) is 1.35. The van der Waals surface area contributed by atoms with E-state index in [1.54, 1.807) is 4.68 Å². The molecule has 88 valence electrons. The average molecular weight is 231 g/mol. The van der Waals surface area contributed by atoms with Gasteiger partial charge in [-0.25, -0.2) is 4.68 Å². The molecule has 1 aromatic heterocycles. The number of hydrogen-bond donors (Lipinski definition) is 1. The highest BCUT2D eigenvalue weighted by molar-refractivity contribution is 5.73. The van der Waals surface area contributed by atoms with E-state index in [0.29, 0.717) is 23.9 Å². The van der Waals surface area contributed by atoms with Gasteiger partial charge in [0.15, 0.2) is 11.6 Å². The molecule has 1 aliphatic heterocycles. The van der Waals surface area contributed by atoms with Gasteiger partial charge >= 0.3 is 0 Å². The van der Waals surface area contributed by atoms with Gasteiger partial charge in [0.25, 0.3) is 0 Å². The average Bonchev–Trinajstić information content (AvgIpc) is 2.73. The summed E-state index contributed by atoms with van der Waals surface area (Å²) in [5, 5.41) is 11.8. The van der Waals surface area contributed by atoms with Crippen molar-refractivity contribution in [1.82, 2.24) is 20.2 Å². The number of benzene rings is 1. The van der Waals surface area contributed by atoms with Crippen LogP contribution in [0.5, 0.6) is 5.75 Å². The SMILES string of the molecule is CC1(C)COc2c(N)cccc2-c2nnnn21. The van der Waals surface area contributed by atoms with Gasteiger partial charge in [0, 0.05) is 0 Å². The van der Waals surface area contributed by atoms with E-state index in [1.807, 2.05) is 32.0 Å². The number of para-hydroxylation sites is 1. The Morgan fingerprint density at radius 3 is 3.06 bits per heavy atom. The second kappa shape index (κ2) is 3.19. The van der Waals surface area contributed by atoms with Crippen LogP contribution < -0.4 is 10.5 Å². The normalized spacial score (nSPS) is 16.6. The lowest BCUT2D eigenvalue weighted by molar-refractivity contribution is 0.178. The third-order valence-corrected chi connectivity index (χ3v) is 2.90. The predicted molar refractivity (Wildman–Crippen MR) is 62.5 cm³/mol. The second-order valence-electron chi connectivity index (χ2n) is 4.74. The zero-order chi connectivity index (χ0) is 12.0. The summed E-state index contributed by atoms with van der Waals surface area (Å²) in [6.07, 6.45) is 0. The smallest absolute Gasteiger partial charge is 0.186 e. The van der Waals surface area contributed by atoms with Gasteiger partial charge in [-0.05, 0) is 36.4 Å². The molecule has 6 heteroatoms. The number of aromatic nitrogens is 4. The summed E-state index contributed by atoms with van der Waals surface area (Å²) in [4.78, 5) is 0. The van der Waals surface area contributed by atoms with Gasteiger partial charge in [0.1, 0.15) is 6.61 Å². The Bertz CT molecular complexity index is 575. The van der Waals surface area contributed by atoms with Crippen molar-refractivity contribution in [2.45, 2.75) is 19.4 Å². The fourth-order valence-electron chi connectivity index (χ4n) is 1.96. The van der Waals surface area contributed by atoms with Crippen LogP contribution in [0, 0.1) is 0 Å². The van der Waals surface area contributed by atoms with Crippen LogP contribution in [0.2, 0.25) is 0 Å². The molecule has 0 amide bonds. The van der Waals surface area contributed by atoms with Gasteiger partial charge in [-0.2, -0.15) is 0 Å². The molecular weight excluding hydrogens is 218 g/mol. The quantitative estimate of drug-likeness (QED) is 0.685. The second-order valence-corrected chi connectivity index (χ2v) is 4.74. The maximum atomic E-state index is 5.92. The Labute approximate surface area is 98.4 Å². The van der Waals surface area contributed by atoms with Gasteiger partial charge in [-0.3, -0.25) is 0 Å². The van der Waals surface area contributed by atoms with E-state index < -0.39 is 0 Å². The summed E-state index contributed by atoms with van der Waals surface area (Å²) >= 11 is 0. The van der Waals surface area contributed by atoms with Crippen molar-refractivity contribution in [3.05, 3.63) is 18.2 Å². The minimum Gasteiger partial charge on any atom is -0.488 e. The van der Waals surface area contributed by atoms with E-state index >= 15 is 0 Å². The minimum absolute atomic E-state index is 0.301. The molecule has 0 bridgehead atoms. The number of hydrogen-bond acceptors (Lipinski definition) is 5. The molecule has 1 aliphatic rings. The van der Waals surface area contributed by atoms with Gasteiger partial charge in [0.05, 0.1) is 16.8 Å². The van der Waals surface area contributed by atoms with Gasteiger partial charge in [-0.15, -0.1) is 5.10 Å². The first kappa shape index (κ1) is 10.1. The lowest BCUT2D eigenvalue weighted by Gasteiger charge is -2.22. The predicted octanol–water partition coefficient (Wildman–Crippen LogP) is 1.05. The Morgan fingerprint density at radius 1 is 1.41 bits per heavy atom. The number of nitrogens with two attached hydrogens (primary N) is 1. The molecule has 6 nitrogen and oxygen atoms in total. The Morgan fingerprint density at radius 2 is 2.24 bits per heavy atom. The van der Waals surface area contributed by atoms with Crippen LogP contribution in [0.1, 0.15) is 13.8 Å². The molecule has 0 unspecified atom stereocenters. The first-order valence-corrected chi connectivity index (χ1v) is 5.40. The van der Waals surface area contributed by atoms with E-state index in [-0.39, 0.29) is 5.54 Å². The lowest BCUT2D eigenvalue weighted by atomic mass is 10.1. The summed E-state index contributed by atoms with van der Waals surface area (Å²) in [6.45, 7) is 4.52. The maximum Gasteiger partial charge on any atom is 0.186 e. The molecule has 17 heavy (non-hydrogen) atoms. The summed E-state index contributed by atoms with van der Waals surface area (Å²) < 4.78 is 7.56. The third-order valence-electron chi connectivity index (χ3n) is 2.90. The fourth-order valence-corrected chi connectivity index (χ4v) is 1.96. The monoisotopic (exact) mass is 231 g/mol. The van der Waals surface area contributed by atoms with E-state index in [9.17, 15) is 0 Å². The first-order chi connectivity index (χ1) is 8.09. The van der Waals surface area contributed by atoms with Crippen molar-refractivity contribution in [2.24, 2.45) is 0 Å². The minimum atomic E-state index is -0.301. The van der Waals surface area contributed by atoms with Crippen LogP contribution >= 0.6 is 0 Å². The number of tetrazole rings is 1. The van der Waals surface area contributed by atoms with Crippen LogP contribution in [0.4, 0.5) is 5.69 Å². The molecule has 2 heterocycles. The zero-order valence-corrected chi connectivity index (χ0v) is 9.71. The van der Waals surface area contributed by atoms with E-state index in [0.717, 1.165) is 5.56 Å². The highest BCUT2D eigenvalue weighted by Gasteiger charge is 2.32. The maximum absolute atomic E-state index is 5.92. The van der Waals surface area contributed by atoms with Crippen LogP contribution in [0.15, 0.2) is 18.2 Å². The van der Waals surface area contributed by atoms with E-state index in [2.05, 4.69) is 15.5 Å². The summed E-state index contributed by atoms with van der Waals surface area (Å²) in [7, 11) is 0. The van der Waals surface area contributed by atoms with Gasteiger partial charge < -0.3 is 10.5 Å². The molecule has 0 spiro atoms. The van der Waals surface area contributed by atoms with Crippen LogP contribution in [0.25, 0.3) is 11.4 Å². The number of nitrogen functional groups attached to an aromatic ring is 1. The third kappa shape index (κ3) is 1.37. The molecule has 0 fully saturated rings. The number of rotatable bonds is 0. The van der Waals surface area contributed by atoms with Crippen molar-refractivity contribution in [3.63, 3.8) is 0 Å². The molecule has 0 saturated heterocycles. The molecule has 2 N–H and O–H groups in total. The van der Waals surface area contributed by atoms with Crippen molar-refractivity contribution in [1.29, 1.82) is 0 Å². The van der Waals surface area contributed by atoms with Crippen molar-refractivity contribution in [2.75, 3.05) is 12.3 Å². The standard InChI is InChI=1S/C11H13N5O/c1-11(2)6-17-9-7(4-3-5-8(9)12)10-13-14-15-16(10)11/h3-5H,6,12H2,1-2H3. The van der Waals surface area contributed by atoms with Crippen molar-refractivity contribution >= 4 is 5.69 Å².